The molecule has 0 saturated heterocycles. The Morgan fingerprint density at radius 3 is 2.72 bits per heavy atom. The van der Waals surface area contributed by atoms with E-state index in [0.717, 1.165) is 0 Å². The van der Waals surface area contributed by atoms with E-state index in [1.54, 1.807) is 6.92 Å². The number of nitrogens with two attached hydrogens (primary N) is 1. The van der Waals surface area contributed by atoms with Crippen molar-refractivity contribution in [1.82, 2.24) is 0 Å². The van der Waals surface area contributed by atoms with E-state index in [-0.39, 0.29) is 18.2 Å². The molecule has 1 aliphatic carbocycles. The lowest BCUT2D eigenvalue weighted by molar-refractivity contribution is -0.132. The molecule has 0 spiro atoms. The van der Waals surface area contributed by atoms with Crippen LogP contribution in [0.2, 0.25) is 0 Å². The molecule has 6 heteroatoms. The maximum absolute atomic E-state index is 10.9. The molecule has 0 bridgehead atoms. The summed E-state index contributed by atoms with van der Waals surface area (Å²) in [7, 11) is 1.47. The molecular formula is C12H18N2O4. The van der Waals surface area contributed by atoms with Crippen LogP contribution < -0.4 is 5.73 Å². The second-order valence-corrected chi connectivity index (χ2v) is 4.05. The molecule has 0 saturated carbocycles. The van der Waals surface area contributed by atoms with Crippen LogP contribution in [0.5, 0.6) is 0 Å². The maximum atomic E-state index is 10.9. The Morgan fingerprint density at radius 1 is 1.61 bits per heavy atom. The number of aliphatic imine (C=N–C) groups is 1. The predicted octanol–water partition coefficient (Wildman–Crippen LogP) is 0.635. The number of carbonyl (C=O) groups is 1. The molecule has 1 atom stereocenters. The van der Waals surface area contributed by atoms with Gasteiger partial charge in [0.2, 0.25) is 0 Å². The number of ether oxygens (including phenoxy) is 1. The number of hydrogen-bond acceptors (Lipinski definition) is 5. The molecule has 1 unspecified atom stereocenters. The highest BCUT2D eigenvalue weighted by molar-refractivity contribution is 6.03. The molecule has 0 aromatic rings. The van der Waals surface area contributed by atoms with E-state index in [1.807, 2.05) is 0 Å². The highest BCUT2D eigenvalue weighted by Crippen LogP contribution is 2.26. The van der Waals surface area contributed by atoms with E-state index >= 15 is 0 Å². The maximum Gasteiger partial charge on any atom is 0.354 e. The number of nitrogens with zero attached hydrogens (tertiary/aromatic N) is 1. The van der Waals surface area contributed by atoms with E-state index in [1.165, 1.54) is 13.2 Å². The van der Waals surface area contributed by atoms with Crippen LogP contribution in [-0.2, 0) is 9.53 Å². The third-order valence-electron chi connectivity index (χ3n) is 2.75. The van der Waals surface area contributed by atoms with Crippen molar-refractivity contribution in [3.05, 3.63) is 23.2 Å². The summed E-state index contributed by atoms with van der Waals surface area (Å²) in [6.45, 7) is 1.58. The van der Waals surface area contributed by atoms with Crippen molar-refractivity contribution in [1.29, 1.82) is 0 Å². The summed E-state index contributed by atoms with van der Waals surface area (Å²) in [6.07, 6.45) is 2.38. The topological polar surface area (TPSA) is 105 Å². The van der Waals surface area contributed by atoms with Gasteiger partial charge < -0.3 is 20.7 Å². The SMILES string of the molecule is C/C=C(\N=C1CC(CO)CC(N)=C1OC)C(=O)O. The minimum Gasteiger partial charge on any atom is -0.493 e. The van der Waals surface area contributed by atoms with E-state index < -0.39 is 5.97 Å². The van der Waals surface area contributed by atoms with Crippen molar-refractivity contribution >= 4 is 11.7 Å². The zero-order valence-corrected chi connectivity index (χ0v) is 10.5. The predicted molar refractivity (Wildman–Crippen MR) is 66.9 cm³/mol. The van der Waals surface area contributed by atoms with Crippen LogP contribution in [0.3, 0.4) is 0 Å². The molecular weight excluding hydrogens is 236 g/mol. The van der Waals surface area contributed by atoms with Crippen molar-refractivity contribution < 1.29 is 19.7 Å². The number of methoxy groups -OCH3 is 1. The first-order chi connectivity index (χ1) is 8.53. The standard InChI is InChI=1S/C12H18N2O4/c1-3-9(12(16)17)14-10-5-7(6-15)4-8(13)11(10)18-2/h3,7,15H,4-6,13H2,1-2H3,(H,16,17)/b9-3-,14-10?. The Bertz CT molecular complexity index is 424. The summed E-state index contributed by atoms with van der Waals surface area (Å²) < 4.78 is 5.16. The fourth-order valence-electron chi connectivity index (χ4n) is 1.88. The van der Waals surface area contributed by atoms with Crippen LogP contribution in [0.4, 0.5) is 0 Å². The normalized spacial score (nSPS) is 23.4. The van der Waals surface area contributed by atoms with Gasteiger partial charge in [-0.05, 0) is 25.7 Å². The van der Waals surface area contributed by atoms with Gasteiger partial charge in [0.25, 0.3) is 0 Å². The van der Waals surface area contributed by atoms with Gasteiger partial charge in [0, 0.05) is 6.61 Å². The van der Waals surface area contributed by atoms with Gasteiger partial charge in [0.1, 0.15) is 5.70 Å². The summed E-state index contributed by atoms with van der Waals surface area (Å²) in [5.41, 5.74) is 6.73. The van der Waals surface area contributed by atoms with Crippen LogP contribution >= 0.6 is 0 Å². The largest absolute Gasteiger partial charge is 0.493 e. The molecule has 0 fully saturated rings. The molecule has 18 heavy (non-hydrogen) atoms. The molecule has 4 N–H and O–H groups in total. The average Bonchev–Trinajstić information content (AvgIpc) is 2.34. The Labute approximate surface area is 105 Å². The van der Waals surface area contributed by atoms with Crippen molar-refractivity contribution in [2.45, 2.75) is 19.8 Å². The fraction of sp³-hybridized carbons (Fsp3) is 0.500. The molecule has 1 rings (SSSR count). The minimum absolute atomic E-state index is 0.0189. The highest BCUT2D eigenvalue weighted by Gasteiger charge is 2.26. The molecule has 6 nitrogen and oxygen atoms in total. The van der Waals surface area contributed by atoms with E-state index in [4.69, 9.17) is 15.6 Å². The van der Waals surface area contributed by atoms with Crippen LogP contribution in [0, 0.1) is 5.92 Å². The summed E-state index contributed by atoms with van der Waals surface area (Å²) in [4.78, 5) is 15.0. The van der Waals surface area contributed by atoms with E-state index in [2.05, 4.69) is 4.99 Å². The zero-order valence-electron chi connectivity index (χ0n) is 10.5. The van der Waals surface area contributed by atoms with Crippen molar-refractivity contribution in [3.63, 3.8) is 0 Å². The Kier molecular flexibility index (Phi) is 4.91. The monoisotopic (exact) mass is 254 g/mol. The summed E-state index contributed by atoms with van der Waals surface area (Å²) >= 11 is 0. The molecule has 0 heterocycles. The minimum atomic E-state index is -1.11. The number of aliphatic hydroxyl groups excluding tert-OH is 1. The number of carboxylic acids is 1. The van der Waals surface area contributed by atoms with Gasteiger partial charge in [0.15, 0.2) is 5.76 Å². The van der Waals surface area contributed by atoms with Gasteiger partial charge in [-0.3, -0.25) is 0 Å². The second-order valence-electron chi connectivity index (χ2n) is 4.05. The third-order valence-corrected chi connectivity index (χ3v) is 2.75. The summed E-state index contributed by atoms with van der Waals surface area (Å²) in [6, 6.07) is 0. The zero-order chi connectivity index (χ0) is 13.7. The first kappa shape index (κ1) is 14.2. The number of allylic oxidation sites excluding steroid dienone is 3. The Morgan fingerprint density at radius 2 is 2.28 bits per heavy atom. The molecule has 100 valence electrons. The smallest absolute Gasteiger partial charge is 0.354 e. The fourth-order valence-corrected chi connectivity index (χ4v) is 1.88. The number of aliphatic hydroxyl groups is 1. The number of rotatable bonds is 4. The van der Waals surface area contributed by atoms with Crippen molar-refractivity contribution in [3.8, 4) is 0 Å². The quantitative estimate of drug-likeness (QED) is 0.638. The first-order valence-electron chi connectivity index (χ1n) is 5.64. The summed E-state index contributed by atoms with van der Waals surface area (Å²) in [5, 5.41) is 18.1. The van der Waals surface area contributed by atoms with Crippen LogP contribution in [0.1, 0.15) is 19.8 Å². The molecule has 0 radical (unpaired) electrons. The van der Waals surface area contributed by atoms with Gasteiger partial charge in [0.05, 0.1) is 18.5 Å². The average molecular weight is 254 g/mol. The first-order valence-corrected chi connectivity index (χ1v) is 5.64. The number of aliphatic carboxylic acids is 1. The van der Waals surface area contributed by atoms with Crippen LogP contribution in [0.15, 0.2) is 28.2 Å². The molecule has 1 aliphatic rings. The van der Waals surface area contributed by atoms with E-state index in [9.17, 15) is 9.90 Å². The van der Waals surface area contributed by atoms with Crippen LogP contribution in [-0.4, -0.2) is 35.6 Å². The lowest BCUT2D eigenvalue weighted by Gasteiger charge is -2.24. The summed E-state index contributed by atoms with van der Waals surface area (Å²) in [5.74, 6) is -0.736. The lowest BCUT2D eigenvalue weighted by atomic mass is 9.90. The van der Waals surface area contributed by atoms with Crippen molar-refractivity contribution in [2.75, 3.05) is 13.7 Å². The van der Waals surface area contributed by atoms with Crippen LogP contribution in [0.25, 0.3) is 0 Å². The molecule has 0 aliphatic heterocycles. The lowest BCUT2D eigenvalue weighted by Crippen LogP contribution is -2.26. The van der Waals surface area contributed by atoms with Gasteiger partial charge >= 0.3 is 5.97 Å². The molecule has 0 aromatic heterocycles. The molecule has 0 amide bonds. The van der Waals surface area contributed by atoms with Crippen molar-refractivity contribution in [2.24, 2.45) is 16.6 Å². The Hall–Kier alpha value is -1.82. The number of hydrogen-bond donors (Lipinski definition) is 3. The van der Waals surface area contributed by atoms with Gasteiger partial charge in [-0.15, -0.1) is 0 Å². The van der Waals surface area contributed by atoms with Gasteiger partial charge in [-0.1, -0.05) is 6.08 Å². The highest BCUT2D eigenvalue weighted by atomic mass is 16.5. The number of carboxylic acid groups (broad SMARTS) is 1. The van der Waals surface area contributed by atoms with Gasteiger partial charge in [-0.25, -0.2) is 9.79 Å². The van der Waals surface area contributed by atoms with E-state index in [0.29, 0.717) is 30.0 Å². The second kappa shape index (κ2) is 6.20. The van der Waals surface area contributed by atoms with Gasteiger partial charge in [-0.2, -0.15) is 0 Å². The Balaban J connectivity index is 3.14. The third kappa shape index (κ3) is 3.10. The molecule has 0 aromatic carbocycles.